The molecule has 0 saturated carbocycles. The Kier molecular flexibility index (Phi) is 4.40. The minimum Gasteiger partial charge on any atom is -0.478 e. The van der Waals surface area contributed by atoms with Crippen molar-refractivity contribution in [3.8, 4) is 0 Å². The summed E-state index contributed by atoms with van der Waals surface area (Å²) in [6.07, 6.45) is 0. The predicted octanol–water partition coefficient (Wildman–Crippen LogP) is 3.52. The molecule has 0 spiro atoms. The molecule has 17 heavy (non-hydrogen) atoms. The summed E-state index contributed by atoms with van der Waals surface area (Å²) >= 11 is 6.11. The molecule has 0 bridgehead atoms. The number of carboxylic acids is 1. The fraction of sp³-hybridized carbons (Fsp3) is 0.462. The van der Waals surface area contributed by atoms with Crippen molar-refractivity contribution in [2.45, 2.75) is 26.8 Å². The Morgan fingerprint density at radius 1 is 1.35 bits per heavy atom. The van der Waals surface area contributed by atoms with Crippen LogP contribution in [0, 0.1) is 5.92 Å². The van der Waals surface area contributed by atoms with Crippen molar-refractivity contribution in [1.82, 2.24) is 0 Å². The van der Waals surface area contributed by atoms with E-state index in [1.54, 1.807) is 12.1 Å². The van der Waals surface area contributed by atoms with Gasteiger partial charge in [0.15, 0.2) is 0 Å². The number of anilines is 1. The van der Waals surface area contributed by atoms with Gasteiger partial charge in [0.2, 0.25) is 0 Å². The normalized spacial score (nSPS) is 12.6. The minimum atomic E-state index is -0.960. The zero-order valence-electron chi connectivity index (χ0n) is 10.6. The minimum absolute atomic E-state index is 0.212. The zero-order chi connectivity index (χ0) is 13.2. The van der Waals surface area contributed by atoms with Crippen molar-refractivity contribution in [3.63, 3.8) is 0 Å². The molecule has 0 fully saturated rings. The molecule has 4 heteroatoms. The molecule has 0 radical (unpaired) electrons. The number of aromatic carboxylic acids is 1. The number of rotatable bonds is 4. The van der Waals surface area contributed by atoms with Gasteiger partial charge in [0.1, 0.15) is 0 Å². The van der Waals surface area contributed by atoms with Crippen molar-refractivity contribution in [2.75, 3.05) is 11.9 Å². The van der Waals surface area contributed by atoms with Crippen LogP contribution in [0.5, 0.6) is 0 Å². The Bertz CT molecular complexity index is 418. The van der Waals surface area contributed by atoms with Crippen molar-refractivity contribution in [2.24, 2.45) is 5.92 Å². The first-order valence-electron chi connectivity index (χ1n) is 5.60. The van der Waals surface area contributed by atoms with Crippen LogP contribution in [-0.4, -0.2) is 24.2 Å². The molecule has 3 nitrogen and oxygen atoms in total. The lowest BCUT2D eigenvalue weighted by Gasteiger charge is -2.30. The molecule has 0 aliphatic carbocycles. The summed E-state index contributed by atoms with van der Waals surface area (Å²) in [5, 5.41) is 9.34. The highest BCUT2D eigenvalue weighted by Crippen LogP contribution is 2.28. The SMILES string of the molecule is CC(C)C(C)N(C)c1ccc(C(=O)O)cc1Cl. The number of halogens is 1. The third-order valence-corrected chi connectivity index (χ3v) is 3.45. The summed E-state index contributed by atoms with van der Waals surface area (Å²) in [6, 6.07) is 5.16. The second kappa shape index (κ2) is 5.41. The van der Waals surface area contributed by atoms with Crippen LogP contribution in [0.2, 0.25) is 5.02 Å². The smallest absolute Gasteiger partial charge is 0.335 e. The van der Waals surface area contributed by atoms with Gasteiger partial charge in [-0.15, -0.1) is 0 Å². The van der Waals surface area contributed by atoms with Gasteiger partial charge < -0.3 is 10.0 Å². The van der Waals surface area contributed by atoms with Gasteiger partial charge in [0.25, 0.3) is 0 Å². The van der Waals surface area contributed by atoms with E-state index in [0.717, 1.165) is 5.69 Å². The van der Waals surface area contributed by atoms with Crippen LogP contribution in [0.25, 0.3) is 0 Å². The van der Waals surface area contributed by atoms with E-state index in [4.69, 9.17) is 16.7 Å². The molecule has 0 aromatic heterocycles. The van der Waals surface area contributed by atoms with Gasteiger partial charge in [-0.1, -0.05) is 25.4 Å². The van der Waals surface area contributed by atoms with Crippen molar-refractivity contribution >= 4 is 23.3 Å². The molecule has 0 aliphatic rings. The fourth-order valence-electron chi connectivity index (χ4n) is 1.59. The summed E-state index contributed by atoms with van der Waals surface area (Å²) in [5.41, 5.74) is 1.07. The van der Waals surface area contributed by atoms with Gasteiger partial charge in [-0.05, 0) is 31.0 Å². The topological polar surface area (TPSA) is 40.5 Å². The average molecular weight is 256 g/mol. The molecule has 0 saturated heterocycles. The summed E-state index contributed by atoms with van der Waals surface area (Å²) in [4.78, 5) is 12.9. The molecule has 1 rings (SSSR count). The van der Waals surface area contributed by atoms with Crippen molar-refractivity contribution < 1.29 is 9.90 Å². The molecular weight excluding hydrogens is 238 g/mol. The van der Waals surface area contributed by atoms with Crippen LogP contribution in [0.1, 0.15) is 31.1 Å². The standard InChI is InChI=1S/C13H18ClNO2/c1-8(2)9(3)15(4)12-6-5-10(13(16)17)7-11(12)14/h5-9H,1-4H3,(H,16,17). The predicted molar refractivity (Wildman–Crippen MR) is 71.1 cm³/mol. The Morgan fingerprint density at radius 3 is 2.35 bits per heavy atom. The lowest BCUT2D eigenvalue weighted by molar-refractivity contribution is 0.0697. The van der Waals surface area contributed by atoms with Gasteiger partial charge in [-0.2, -0.15) is 0 Å². The average Bonchev–Trinajstić information content (AvgIpc) is 2.26. The first kappa shape index (κ1) is 13.8. The van der Waals surface area contributed by atoms with E-state index in [0.29, 0.717) is 17.0 Å². The summed E-state index contributed by atoms with van der Waals surface area (Å²) < 4.78 is 0. The number of nitrogens with zero attached hydrogens (tertiary/aromatic N) is 1. The lowest BCUT2D eigenvalue weighted by atomic mass is 10.0. The van der Waals surface area contributed by atoms with Gasteiger partial charge in [0, 0.05) is 13.1 Å². The van der Waals surface area contributed by atoms with Gasteiger partial charge in [0.05, 0.1) is 16.3 Å². The maximum Gasteiger partial charge on any atom is 0.335 e. The summed E-state index contributed by atoms with van der Waals surface area (Å²) in [6.45, 7) is 6.40. The molecule has 1 N–H and O–H groups in total. The Balaban J connectivity index is 3.03. The maximum absolute atomic E-state index is 10.8. The fourth-order valence-corrected chi connectivity index (χ4v) is 1.91. The molecule has 0 heterocycles. The second-order valence-corrected chi connectivity index (χ2v) is 4.97. The highest BCUT2D eigenvalue weighted by molar-refractivity contribution is 6.33. The van der Waals surface area contributed by atoms with Crippen LogP contribution in [0.3, 0.4) is 0 Å². The highest BCUT2D eigenvalue weighted by atomic mass is 35.5. The van der Waals surface area contributed by atoms with Crippen LogP contribution < -0.4 is 4.90 Å². The van der Waals surface area contributed by atoms with Gasteiger partial charge in [-0.25, -0.2) is 4.79 Å². The first-order chi connectivity index (χ1) is 7.84. The quantitative estimate of drug-likeness (QED) is 0.895. The van der Waals surface area contributed by atoms with E-state index in [2.05, 4.69) is 25.7 Å². The van der Waals surface area contributed by atoms with E-state index in [1.807, 2.05) is 7.05 Å². The number of hydrogen-bond donors (Lipinski definition) is 1. The highest BCUT2D eigenvalue weighted by Gasteiger charge is 2.17. The first-order valence-corrected chi connectivity index (χ1v) is 5.98. The Hall–Kier alpha value is -1.22. The van der Waals surface area contributed by atoms with Gasteiger partial charge >= 0.3 is 5.97 Å². The molecule has 1 aromatic rings. The number of benzene rings is 1. The summed E-state index contributed by atoms with van der Waals surface area (Å²) in [5.74, 6) is -0.465. The third kappa shape index (κ3) is 3.13. The maximum atomic E-state index is 10.8. The van der Waals surface area contributed by atoms with Crippen LogP contribution in [0.15, 0.2) is 18.2 Å². The van der Waals surface area contributed by atoms with E-state index < -0.39 is 5.97 Å². The van der Waals surface area contributed by atoms with Crippen molar-refractivity contribution in [1.29, 1.82) is 0 Å². The molecule has 1 atom stereocenters. The molecular formula is C13H18ClNO2. The molecule has 0 amide bonds. The summed E-state index contributed by atoms with van der Waals surface area (Å²) in [7, 11) is 1.96. The van der Waals surface area contributed by atoms with Gasteiger partial charge in [-0.3, -0.25) is 0 Å². The number of hydrogen-bond acceptors (Lipinski definition) is 2. The molecule has 1 unspecified atom stereocenters. The van der Waals surface area contributed by atoms with E-state index in [-0.39, 0.29) is 5.56 Å². The monoisotopic (exact) mass is 255 g/mol. The van der Waals surface area contributed by atoms with Crippen molar-refractivity contribution in [3.05, 3.63) is 28.8 Å². The van der Waals surface area contributed by atoms with Crippen LogP contribution in [0.4, 0.5) is 5.69 Å². The van der Waals surface area contributed by atoms with E-state index >= 15 is 0 Å². The molecule has 94 valence electrons. The van der Waals surface area contributed by atoms with Crippen LogP contribution in [-0.2, 0) is 0 Å². The largest absolute Gasteiger partial charge is 0.478 e. The zero-order valence-corrected chi connectivity index (χ0v) is 11.3. The van der Waals surface area contributed by atoms with E-state index in [9.17, 15) is 4.79 Å². The molecule has 0 aliphatic heterocycles. The number of carbonyl (C=O) groups is 1. The second-order valence-electron chi connectivity index (χ2n) is 4.57. The number of carboxylic acid groups (broad SMARTS) is 1. The Labute approximate surface area is 107 Å². The Morgan fingerprint density at radius 2 is 1.94 bits per heavy atom. The molecule has 1 aromatic carbocycles. The lowest BCUT2D eigenvalue weighted by Crippen LogP contribution is -2.33. The third-order valence-electron chi connectivity index (χ3n) is 3.15. The van der Waals surface area contributed by atoms with Crippen LogP contribution >= 0.6 is 11.6 Å². The van der Waals surface area contributed by atoms with E-state index in [1.165, 1.54) is 6.07 Å².